The number of aryl methyl sites for hydroxylation is 1. The second-order valence-corrected chi connectivity index (χ2v) is 2.74. The fourth-order valence-electron chi connectivity index (χ4n) is 0.925. The van der Waals surface area contributed by atoms with E-state index in [1.54, 1.807) is 6.08 Å². The van der Waals surface area contributed by atoms with Gasteiger partial charge in [0.05, 0.1) is 5.69 Å². The Bertz CT molecular complexity index is 311. The van der Waals surface area contributed by atoms with Gasteiger partial charge in [0.2, 0.25) is 0 Å². The van der Waals surface area contributed by atoms with Crippen LogP contribution in [-0.2, 0) is 0 Å². The van der Waals surface area contributed by atoms with Gasteiger partial charge in [-0.3, -0.25) is 4.99 Å². The Hall–Kier alpha value is -1.37. The molecule has 0 N–H and O–H groups in total. The van der Waals surface area contributed by atoms with E-state index in [9.17, 15) is 0 Å². The largest absolute Gasteiger partial charge is 0.254 e. The van der Waals surface area contributed by atoms with Crippen molar-refractivity contribution in [2.75, 3.05) is 0 Å². The number of benzene rings is 1. The van der Waals surface area contributed by atoms with Crippen molar-refractivity contribution in [3.63, 3.8) is 0 Å². The highest BCUT2D eigenvalue weighted by Crippen LogP contribution is 2.17. The van der Waals surface area contributed by atoms with Gasteiger partial charge in [0.15, 0.2) is 0 Å². The van der Waals surface area contributed by atoms with Gasteiger partial charge in [-0.25, -0.2) is 0 Å². The quantitative estimate of drug-likeness (QED) is 0.596. The second-order valence-electron chi connectivity index (χ2n) is 2.74. The van der Waals surface area contributed by atoms with E-state index in [1.807, 2.05) is 52.8 Å². The molecule has 0 bridgehead atoms. The number of hydrogen-bond acceptors (Lipinski definition) is 1. The predicted octanol–water partition coefficient (Wildman–Crippen LogP) is 5.33. The Morgan fingerprint density at radius 2 is 1.62 bits per heavy atom. The number of rotatable bonds is 2. The van der Waals surface area contributed by atoms with Crippen LogP contribution in [0.1, 0.15) is 40.2 Å². The van der Waals surface area contributed by atoms with Gasteiger partial charge in [-0.15, -0.1) is 0 Å². The van der Waals surface area contributed by atoms with Crippen LogP contribution < -0.4 is 0 Å². The topological polar surface area (TPSA) is 12.4 Å². The first-order valence-electron chi connectivity index (χ1n) is 5.97. The first-order valence-corrected chi connectivity index (χ1v) is 5.97. The lowest BCUT2D eigenvalue weighted by Gasteiger charge is -1.98. The summed E-state index contributed by atoms with van der Waals surface area (Å²) in [5, 5.41) is 0. The van der Waals surface area contributed by atoms with Crippen LogP contribution in [-0.4, -0.2) is 5.71 Å². The molecule has 0 saturated carbocycles. The summed E-state index contributed by atoms with van der Waals surface area (Å²) in [6.45, 7) is 15.7. The third-order valence-electron chi connectivity index (χ3n) is 1.71. The van der Waals surface area contributed by atoms with E-state index in [-0.39, 0.29) is 0 Å². The molecule has 0 unspecified atom stereocenters. The summed E-state index contributed by atoms with van der Waals surface area (Å²) in [5.41, 5.74) is 3.16. The smallest absolute Gasteiger partial charge is 0.0661 e. The third-order valence-corrected chi connectivity index (χ3v) is 1.71. The Morgan fingerprint density at radius 3 is 2.06 bits per heavy atom. The van der Waals surface area contributed by atoms with E-state index in [4.69, 9.17) is 0 Å². The van der Waals surface area contributed by atoms with Crippen LogP contribution in [0.25, 0.3) is 0 Å². The SMILES string of the molecule is C=CC(C)=Nc1ccccc1C.CC.CC. The van der Waals surface area contributed by atoms with Crippen molar-refractivity contribution < 1.29 is 0 Å². The number of aliphatic imine (C=N–C) groups is 1. The fourth-order valence-corrected chi connectivity index (χ4v) is 0.925. The second kappa shape index (κ2) is 11.7. The van der Waals surface area contributed by atoms with Crippen LogP contribution in [0, 0.1) is 6.92 Å². The van der Waals surface area contributed by atoms with Gasteiger partial charge in [-0.2, -0.15) is 0 Å². The summed E-state index contributed by atoms with van der Waals surface area (Å²) >= 11 is 0. The number of allylic oxidation sites excluding steroid dienone is 1. The van der Waals surface area contributed by atoms with Crippen molar-refractivity contribution in [2.45, 2.75) is 41.5 Å². The molecule has 0 saturated heterocycles. The highest BCUT2D eigenvalue weighted by atomic mass is 14.7. The van der Waals surface area contributed by atoms with Gasteiger partial charge < -0.3 is 0 Å². The average Bonchev–Trinajstić information content (AvgIpc) is 2.37. The third kappa shape index (κ3) is 6.99. The van der Waals surface area contributed by atoms with Gasteiger partial charge in [0.25, 0.3) is 0 Å². The van der Waals surface area contributed by atoms with Crippen molar-refractivity contribution in [1.29, 1.82) is 0 Å². The van der Waals surface area contributed by atoms with Crippen LogP contribution in [0.2, 0.25) is 0 Å². The maximum atomic E-state index is 4.38. The molecule has 0 heterocycles. The van der Waals surface area contributed by atoms with E-state index in [2.05, 4.69) is 24.6 Å². The Kier molecular flexibility index (Phi) is 12.5. The van der Waals surface area contributed by atoms with E-state index >= 15 is 0 Å². The molecule has 0 spiro atoms. The molecule has 16 heavy (non-hydrogen) atoms. The highest BCUT2D eigenvalue weighted by Gasteiger charge is 1.92. The van der Waals surface area contributed by atoms with Crippen LogP contribution in [0.5, 0.6) is 0 Å². The normalized spacial score (nSPS) is 9.25. The number of para-hydroxylation sites is 1. The minimum absolute atomic E-state index is 0.948. The monoisotopic (exact) mass is 219 g/mol. The molecular formula is C15H25N. The molecule has 0 fully saturated rings. The van der Waals surface area contributed by atoms with Gasteiger partial charge in [0, 0.05) is 5.71 Å². The first kappa shape index (κ1) is 17.0. The molecule has 0 amide bonds. The van der Waals surface area contributed by atoms with Gasteiger partial charge in [-0.05, 0) is 31.6 Å². The van der Waals surface area contributed by atoms with Gasteiger partial charge in [-0.1, -0.05) is 52.5 Å². The molecule has 1 aromatic carbocycles. The lowest BCUT2D eigenvalue weighted by Crippen LogP contribution is -1.82. The zero-order chi connectivity index (χ0) is 13.0. The van der Waals surface area contributed by atoms with Crippen LogP contribution >= 0.6 is 0 Å². The van der Waals surface area contributed by atoms with E-state index in [0.717, 1.165) is 11.4 Å². The van der Waals surface area contributed by atoms with Crippen molar-refractivity contribution in [3.05, 3.63) is 42.5 Å². The molecule has 0 aromatic heterocycles. The van der Waals surface area contributed by atoms with Crippen molar-refractivity contribution in [2.24, 2.45) is 4.99 Å². The number of hydrogen-bond donors (Lipinski definition) is 0. The fraction of sp³-hybridized carbons (Fsp3) is 0.400. The molecule has 0 aliphatic carbocycles. The van der Waals surface area contributed by atoms with Crippen molar-refractivity contribution in [3.8, 4) is 0 Å². The van der Waals surface area contributed by atoms with Crippen LogP contribution in [0.15, 0.2) is 41.9 Å². The Balaban J connectivity index is 0. The molecule has 1 heteroatoms. The summed E-state index contributed by atoms with van der Waals surface area (Å²) in [5.74, 6) is 0. The van der Waals surface area contributed by atoms with E-state index in [0.29, 0.717) is 0 Å². The maximum Gasteiger partial charge on any atom is 0.0661 e. The van der Waals surface area contributed by atoms with E-state index in [1.165, 1.54) is 5.56 Å². The number of nitrogens with zero attached hydrogens (tertiary/aromatic N) is 1. The Morgan fingerprint density at radius 1 is 1.12 bits per heavy atom. The zero-order valence-corrected chi connectivity index (χ0v) is 11.5. The van der Waals surface area contributed by atoms with E-state index < -0.39 is 0 Å². The van der Waals surface area contributed by atoms with Crippen molar-refractivity contribution in [1.82, 2.24) is 0 Å². The maximum absolute atomic E-state index is 4.38. The summed E-state index contributed by atoms with van der Waals surface area (Å²) in [6, 6.07) is 8.05. The standard InChI is InChI=1S/C11H13N.2C2H6/c1-4-10(3)12-11-8-6-5-7-9(11)2;2*1-2/h4-8H,1H2,2-3H3;2*1-2H3. The minimum atomic E-state index is 0.948. The summed E-state index contributed by atoms with van der Waals surface area (Å²) in [4.78, 5) is 4.38. The molecule has 0 aliphatic heterocycles. The molecule has 90 valence electrons. The van der Waals surface area contributed by atoms with Crippen LogP contribution in [0.3, 0.4) is 0 Å². The molecule has 0 radical (unpaired) electrons. The summed E-state index contributed by atoms with van der Waals surface area (Å²) in [7, 11) is 0. The molecule has 0 atom stereocenters. The average molecular weight is 219 g/mol. The van der Waals surface area contributed by atoms with Crippen molar-refractivity contribution >= 4 is 11.4 Å². The molecule has 0 aliphatic rings. The lowest BCUT2D eigenvalue weighted by molar-refractivity contribution is 1.39. The molecular weight excluding hydrogens is 194 g/mol. The van der Waals surface area contributed by atoms with Gasteiger partial charge >= 0.3 is 0 Å². The molecule has 1 aromatic rings. The molecule has 1 rings (SSSR count). The Labute approximate surface area is 101 Å². The highest BCUT2D eigenvalue weighted by molar-refractivity contribution is 5.94. The summed E-state index contributed by atoms with van der Waals surface area (Å²) < 4.78 is 0. The van der Waals surface area contributed by atoms with Gasteiger partial charge in [0.1, 0.15) is 0 Å². The minimum Gasteiger partial charge on any atom is -0.254 e. The summed E-state index contributed by atoms with van der Waals surface area (Å²) in [6.07, 6.45) is 1.76. The first-order chi connectivity index (χ1) is 7.74. The predicted molar refractivity (Wildman–Crippen MR) is 76.8 cm³/mol. The van der Waals surface area contributed by atoms with Crippen LogP contribution in [0.4, 0.5) is 5.69 Å². The lowest BCUT2D eigenvalue weighted by atomic mass is 10.2. The zero-order valence-electron chi connectivity index (χ0n) is 11.5. The molecule has 1 nitrogen and oxygen atoms in total.